The summed E-state index contributed by atoms with van der Waals surface area (Å²) in [5.74, 6) is -1.96. The van der Waals surface area contributed by atoms with Gasteiger partial charge >= 0.3 is 0 Å². The molecule has 2 fully saturated rings. The maximum absolute atomic E-state index is 13.3. The molecule has 3 aliphatic rings. The number of aromatic amines is 2. The number of aromatic nitrogens is 3. The van der Waals surface area contributed by atoms with Crippen molar-refractivity contribution < 1.29 is 28.8 Å². The van der Waals surface area contributed by atoms with E-state index in [9.17, 15) is 28.8 Å². The van der Waals surface area contributed by atoms with E-state index in [1.165, 1.54) is 6.07 Å². The molecule has 286 valence electrons. The molecule has 15 nitrogen and oxygen atoms in total. The van der Waals surface area contributed by atoms with Crippen LogP contribution < -0.4 is 20.9 Å². The van der Waals surface area contributed by atoms with Crippen molar-refractivity contribution in [1.82, 2.24) is 35.4 Å². The van der Waals surface area contributed by atoms with Gasteiger partial charge in [-0.15, -0.1) is 0 Å². The number of hydrogen-bond donors (Lipinski definition) is 5. The van der Waals surface area contributed by atoms with Crippen LogP contribution in [-0.2, 0) is 14.4 Å². The number of benzene rings is 3. The molecule has 0 spiro atoms. The molecule has 5 aromatic rings. The predicted octanol–water partition coefficient (Wildman–Crippen LogP) is 3.49. The molecule has 3 aliphatic heterocycles. The predicted molar refractivity (Wildman–Crippen MR) is 209 cm³/mol. The maximum atomic E-state index is 13.3. The fourth-order valence-electron chi connectivity index (χ4n) is 7.93. The monoisotopic (exact) mass is 755 g/mol. The molecule has 5 amide bonds. The number of amides is 5. The number of carbonyl (C=O) groups excluding carboxylic acids is 6. The van der Waals surface area contributed by atoms with Crippen molar-refractivity contribution in [3.8, 4) is 22.6 Å². The van der Waals surface area contributed by atoms with Crippen LogP contribution in [0, 0.1) is 6.92 Å². The Morgan fingerprint density at radius 2 is 1.68 bits per heavy atom. The summed E-state index contributed by atoms with van der Waals surface area (Å²) in [5.41, 5.74) is 7.41. The second-order valence-electron chi connectivity index (χ2n) is 14.3. The second-order valence-corrected chi connectivity index (χ2v) is 14.3. The Kier molecular flexibility index (Phi) is 9.68. The van der Waals surface area contributed by atoms with Crippen LogP contribution in [0.3, 0.4) is 0 Å². The summed E-state index contributed by atoms with van der Waals surface area (Å²) in [6, 6.07) is 19.7. The molecular formula is C41H41N9O6. The summed E-state index contributed by atoms with van der Waals surface area (Å²) in [5, 5.41) is 8.10. The average molecular weight is 756 g/mol. The van der Waals surface area contributed by atoms with E-state index in [-0.39, 0.29) is 42.2 Å². The van der Waals surface area contributed by atoms with Crippen molar-refractivity contribution in [2.45, 2.75) is 32.7 Å². The molecule has 1 unspecified atom stereocenters. The number of anilines is 2. The van der Waals surface area contributed by atoms with Gasteiger partial charge in [-0.1, -0.05) is 36.4 Å². The number of hydrogen-bond acceptors (Lipinski definition) is 10. The third-order valence-electron chi connectivity index (χ3n) is 10.7. The lowest BCUT2D eigenvalue weighted by Crippen LogP contribution is -2.54. The quantitative estimate of drug-likeness (QED) is 0.0985. The van der Waals surface area contributed by atoms with Crippen molar-refractivity contribution in [1.29, 1.82) is 0 Å². The van der Waals surface area contributed by atoms with E-state index in [4.69, 9.17) is 4.98 Å². The molecule has 56 heavy (non-hydrogen) atoms. The Hall–Kier alpha value is -6.61. The van der Waals surface area contributed by atoms with Crippen molar-refractivity contribution >= 4 is 57.7 Å². The third kappa shape index (κ3) is 6.81. The largest absolute Gasteiger partial charge is 0.375 e. The number of nitrogens with one attached hydrogen (secondary N) is 5. The molecule has 1 atom stereocenters. The summed E-state index contributed by atoms with van der Waals surface area (Å²) in [6.45, 7) is 7.71. The first-order valence-electron chi connectivity index (χ1n) is 18.7. The van der Waals surface area contributed by atoms with Crippen molar-refractivity contribution in [3.63, 3.8) is 0 Å². The highest BCUT2D eigenvalue weighted by molar-refractivity contribution is 6.25. The standard InChI is InChI=1S/C41H41N9O6/c1-23-34(24(2)51)35(25-7-4-3-5-8-25)37(44-23)38-45-28-12-11-26(21-30(28)46-38)49-19-17-48(18-20-49)16-15-42-33(53)22-43-29-10-6-9-27-36(29)41(56)50(40(27)55)31-13-14-32(52)47-39(31)54/h3-12,21,31,43-44H,13-20,22H2,1-2H3,(H,42,53)(H,45,46)(H,47,52,54). The smallest absolute Gasteiger partial charge is 0.264 e. The minimum atomic E-state index is -1.07. The number of fused-ring (bicyclic) bond motifs is 2. The molecule has 0 saturated carbocycles. The lowest BCUT2D eigenvalue weighted by atomic mass is 9.98. The molecule has 15 heteroatoms. The average Bonchev–Trinajstić information content (AvgIpc) is 3.86. The van der Waals surface area contributed by atoms with E-state index in [1.54, 1.807) is 19.1 Å². The van der Waals surface area contributed by atoms with Crippen LogP contribution in [0.5, 0.6) is 0 Å². The minimum Gasteiger partial charge on any atom is -0.375 e. The number of piperidine rings is 1. The molecule has 0 bridgehead atoms. The number of H-pyrrole nitrogens is 2. The summed E-state index contributed by atoms with van der Waals surface area (Å²) in [6.07, 6.45) is 0.0977. The summed E-state index contributed by atoms with van der Waals surface area (Å²) in [4.78, 5) is 93.2. The molecule has 2 saturated heterocycles. The minimum absolute atomic E-state index is 0.00666. The molecule has 8 rings (SSSR count). The van der Waals surface area contributed by atoms with Crippen molar-refractivity contribution in [2.75, 3.05) is 56.0 Å². The van der Waals surface area contributed by atoms with Crippen LogP contribution in [0.15, 0.2) is 66.7 Å². The van der Waals surface area contributed by atoms with Gasteiger partial charge in [-0.05, 0) is 56.2 Å². The Labute approximate surface area is 321 Å². The van der Waals surface area contributed by atoms with Crippen LogP contribution in [0.1, 0.15) is 56.5 Å². The number of nitrogens with zero attached hydrogens (tertiary/aromatic N) is 4. The van der Waals surface area contributed by atoms with Gasteiger partial charge in [0.2, 0.25) is 17.7 Å². The number of ketones is 1. The van der Waals surface area contributed by atoms with Gasteiger partial charge in [0, 0.05) is 73.9 Å². The first-order chi connectivity index (χ1) is 27.1. The Morgan fingerprint density at radius 3 is 2.43 bits per heavy atom. The normalized spacial score (nSPS) is 17.4. The first kappa shape index (κ1) is 36.4. The highest BCUT2D eigenvalue weighted by atomic mass is 16.2. The van der Waals surface area contributed by atoms with Gasteiger partial charge in [-0.25, -0.2) is 4.98 Å². The lowest BCUT2D eigenvalue weighted by molar-refractivity contribution is -0.136. The topological polar surface area (TPSA) is 193 Å². The zero-order valence-electron chi connectivity index (χ0n) is 31.0. The van der Waals surface area contributed by atoms with Gasteiger partial charge in [0.05, 0.1) is 34.4 Å². The van der Waals surface area contributed by atoms with E-state index in [0.29, 0.717) is 30.2 Å². The summed E-state index contributed by atoms with van der Waals surface area (Å²) >= 11 is 0. The number of aryl methyl sites for hydroxylation is 1. The maximum Gasteiger partial charge on any atom is 0.264 e. The molecule has 0 aliphatic carbocycles. The Morgan fingerprint density at radius 1 is 0.893 bits per heavy atom. The molecular weight excluding hydrogens is 715 g/mol. The fourth-order valence-corrected chi connectivity index (χ4v) is 7.93. The van der Waals surface area contributed by atoms with Crippen molar-refractivity contribution in [3.05, 3.63) is 89.1 Å². The number of carbonyl (C=O) groups is 6. The lowest BCUT2D eigenvalue weighted by Gasteiger charge is -2.36. The van der Waals surface area contributed by atoms with Gasteiger partial charge in [-0.2, -0.15) is 0 Å². The van der Waals surface area contributed by atoms with E-state index in [1.807, 2.05) is 43.3 Å². The number of imide groups is 2. The number of Topliss-reactive ketones (excluding diaryl/α,β-unsaturated/α-hetero) is 1. The summed E-state index contributed by atoms with van der Waals surface area (Å²) in [7, 11) is 0. The van der Waals surface area contributed by atoms with Gasteiger partial charge in [0.1, 0.15) is 6.04 Å². The van der Waals surface area contributed by atoms with E-state index < -0.39 is 29.7 Å². The SMILES string of the molecule is CC(=O)c1c(C)[nH]c(-c2nc3ccc(N4CCN(CCNC(=O)CNc5cccc6c5C(=O)N(C5CCC(=O)NC5=O)C6=O)CC4)cc3[nH]2)c1-c1ccccc1. The van der Waals surface area contributed by atoms with Crippen LogP contribution in [0.4, 0.5) is 11.4 Å². The molecule has 0 radical (unpaired) electrons. The number of rotatable bonds is 11. The van der Waals surface area contributed by atoms with Gasteiger partial charge in [0.25, 0.3) is 11.8 Å². The molecule has 5 N–H and O–H groups in total. The highest BCUT2D eigenvalue weighted by Gasteiger charge is 2.45. The van der Waals surface area contributed by atoms with Crippen molar-refractivity contribution in [2.24, 2.45) is 0 Å². The molecule has 2 aromatic heterocycles. The Balaban J connectivity index is 0.839. The Bertz CT molecular complexity index is 2410. The zero-order chi connectivity index (χ0) is 39.1. The van der Waals surface area contributed by atoms with E-state index >= 15 is 0 Å². The molecule has 3 aromatic carbocycles. The van der Waals surface area contributed by atoms with Crippen LogP contribution in [0.2, 0.25) is 0 Å². The third-order valence-corrected chi connectivity index (χ3v) is 10.7. The van der Waals surface area contributed by atoms with E-state index in [2.05, 4.69) is 47.9 Å². The van der Waals surface area contributed by atoms with Crippen LogP contribution in [-0.4, -0.2) is 112 Å². The van der Waals surface area contributed by atoms with Gasteiger partial charge in [-0.3, -0.25) is 43.9 Å². The number of piperazine rings is 1. The van der Waals surface area contributed by atoms with Crippen LogP contribution >= 0.6 is 0 Å². The first-order valence-corrected chi connectivity index (χ1v) is 18.7. The van der Waals surface area contributed by atoms with Gasteiger partial charge in [0.15, 0.2) is 11.6 Å². The number of imidazole rings is 1. The van der Waals surface area contributed by atoms with Gasteiger partial charge < -0.3 is 25.5 Å². The molecule has 5 heterocycles. The zero-order valence-corrected chi connectivity index (χ0v) is 31.0. The summed E-state index contributed by atoms with van der Waals surface area (Å²) < 4.78 is 0. The van der Waals surface area contributed by atoms with Crippen LogP contribution in [0.25, 0.3) is 33.7 Å². The fraction of sp³-hybridized carbons (Fsp3) is 0.293. The van der Waals surface area contributed by atoms with E-state index in [0.717, 1.165) is 70.3 Å². The second kappa shape index (κ2) is 14.9. The highest BCUT2D eigenvalue weighted by Crippen LogP contribution is 2.37.